The smallest absolute Gasteiger partial charge is 0.306 e. The van der Waals surface area contributed by atoms with E-state index in [2.05, 4.69) is 118 Å². The van der Waals surface area contributed by atoms with Gasteiger partial charge in [-0.15, -0.1) is 0 Å². The van der Waals surface area contributed by atoms with Crippen LogP contribution in [0, 0.1) is 0 Å². The van der Waals surface area contributed by atoms with Gasteiger partial charge in [-0.05, 0) is 109 Å². The maximum absolute atomic E-state index is 12.8. The highest BCUT2D eigenvalue weighted by molar-refractivity contribution is 5.71. The lowest BCUT2D eigenvalue weighted by atomic mass is 10.1. The van der Waals surface area contributed by atoms with Crippen molar-refractivity contribution in [1.29, 1.82) is 0 Å². The van der Waals surface area contributed by atoms with Crippen LogP contribution in [0.15, 0.2) is 97.2 Å². The van der Waals surface area contributed by atoms with Crippen LogP contribution >= 0.6 is 0 Å². The fraction of sp³-hybridized carbons (Fsp3) is 0.655. The summed E-state index contributed by atoms with van der Waals surface area (Å²) in [7, 11) is 0. The van der Waals surface area contributed by atoms with E-state index in [0.29, 0.717) is 19.3 Å². The van der Waals surface area contributed by atoms with Crippen molar-refractivity contribution in [2.45, 2.75) is 219 Å². The van der Waals surface area contributed by atoms with Gasteiger partial charge in [-0.3, -0.25) is 14.4 Å². The van der Waals surface area contributed by atoms with Gasteiger partial charge in [-0.25, -0.2) is 0 Å². The Kier molecular flexibility index (Phi) is 46.0. The van der Waals surface area contributed by atoms with Crippen LogP contribution in [0.2, 0.25) is 0 Å². The third-order valence-corrected chi connectivity index (χ3v) is 10.1. The molecule has 0 saturated carbocycles. The highest BCUT2D eigenvalue weighted by Gasteiger charge is 2.19. The van der Waals surface area contributed by atoms with E-state index < -0.39 is 6.10 Å². The molecular formula is C55H90O6. The summed E-state index contributed by atoms with van der Waals surface area (Å²) in [5.41, 5.74) is 0. The van der Waals surface area contributed by atoms with Gasteiger partial charge < -0.3 is 14.2 Å². The van der Waals surface area contributed by atoms with Crippen molar-refractivity contribution in [3.8, 4) is 0 Å². The number of hydrogen-bond acceptors (Lipinski definition) is 6. The lowest BCUT2D eigenvalue weighted by Crippen LogP contribution is -2.30. The SMILES string of the molecule is CC/C=C\C/C=C\C/C=C\C/C=C\CCCCCCCCC(=O)OCC(COC(=O)CCCC/C=C\C/C=C\CC)OC(=O)CCCCCCCC/C=C\C=C/CCCCC. The van der Waals surface area contributed by atoms with Gasteiger partial charge in [0.05, 0.1) is 0 Å². The molecule has 0 heterocycles. The summed E-state index contributed by atoms with van der Waals surface area (Å²) in [6.07, 6.45) is 64.0. The second-order valence-electron chi connectivity index (χ2n) is 16.0. The van der Waals surface area contributed by atoms with Gasteiger partial charge in [-0.2, -0.15) is 0 Å². The van der Waals surface area contributed by atoms with E-state index in [-0.39, 0.29) is 31.1 Å². The molecule has 61 heavy (non-hydrogen) atoms. The van der Waals surface area contributed by atoms with Crippen LogP contribution in [0.5, 0.6) is 0 Å². The van der Waals surface area contributed by atoms with E-state index in [0.717, 1.165) is 122 Å². The average molecular weight is 847 g/mol. The second-order valence-corrected chi connectivity index (χ2v) is 16.0. The largest absolute Gasteiger partial charge is 0.462 e. The molecule has 0 bridgehead atoms. The molecule has 0 saturated heterocycles. The molecule has 0 aliphatic heterocycles. The number of allylic oxidation sites excluding steroid dienone is 16. The van der Waals surface area contributed by atoms with E-state index in [4.69, 9.17) is 14.2 Å². The summed E-state index contributed by atoms with van der Waals surface area (Å²) in [4.78, 5) is 37.8. The van der Waals surface area contributed by atoms with Crippen LogP contribution in [-0.2, 0) is 28.6 Å². The van der Waals surface area contributed by atoms with Crippen LogP contribution in [-0.4, -0.2) is 37.2 Å². The Bertz CT molecular complexity index is 1250. The van der Waals surface area contributed by atoms with Crippen molar-refractivity contribution in [3.63, 3.8) is 0 Å². The molecule has 6 heteroatoms. The molecule has 1 atom stereocenters. The van der Waals surface area contributed by atoms with Crippen molar-refractivity contribution in [3.05, 3.63) is 97.2 Å². The highest BCUT2D eigenvalue weighted by Crippen LogP contribution is 2.13. The molecule has 0 aromatic rings. The number of unbranched alkanes of at least 4 members (excludes halogenated alkanes) is 17. The molecule has 0 rings (SSSR count). The summed E-state index contributed by atoms with van der Waals surface area (Å²) in [5, 5.41) is 0. The lowest BCUT2D eigenvalue weighted by Gasteiger charge is -2.18. The molecule has 0 amide bonds. The first-order valence-corrected chi connectivity index (χ1v) is 24.8. The number of hydrogen-bond donors (Lipinski definition) is 0. The third kappa shape index (κ3) is 47.2. The van der Waals surface area contributed by atoms with Crippen LogP contribution in [0.25, 0.3) is 0 Å². The normalized spacial score (nSPS) is 12.9. The fourth-order valence-corrected chi connectivity index (χ4v) is 6.40. The molecule has 0 aromatic heterocycles. The molecule has 0 aliphatic rings. The lowest BCUT2D eigenvalue weighted by molar-refractivity contribution is -0.167. The molecule has 0 aromatic carbocycles. The third-order valence-electron chi connectivity index (χ3n) is 10.1. The Morgan fingerprint density at radius 1 is 0.361 bits per heavy atom. The van der Waals surface area contributed by atoms with E-state index in [1.807, 2.05) is 0 Å². The van der Waals surface area contributed by atoms with E-state index in [9.17, 15) is 14.4 Å². The molecule has 6 nitrogen and oxygen atoms in total. The number of carbonyl (C=O) groups is 3. The van der Waals surface area contributed by atoms with Crippen molar-refractivity contribution in [2.75, 3.05) is 13.2 Å². The van der Waals surface area contributed by atoms with Crippen LogP contribution in [0.1, 0.15) is 213 Å². The van der Waals surface area contributed by atoms with Gasteiger partial charge in [0.15, 0.2) is 6.10 Å². The molecule has 0 aliphatic carbocycles. The predicted octanol–water partition coefficient (Wildman–Crippen LogP) is 16.2. The first-order valence-electron chi connectivity index (χ1n) is 24.8. The molecular weight excluding hydrogens is 757 g/mol. The Labute approximate surface area is 375 Å². The van der Waals surface area contributed by atoms with Crippen molar-refractivity contribution >= 4 is 17.9 Å². The van der Waals surface area contributed by atoms with Gasteiger partial charge in [0, 0.05) is 19.3 Å². The number of esters is 3. The van der Waals surface area contributed by atoms with Gasteiger partial charge in [0.2, 0.25) is 0 Å². The minimum absolute atomic E-state index is 0.102. The molecule has 0 fully saturated rings. The van der Waals surface area contributed by atoms with E-state index in [1.165, 1.54) is 51.4 Å². The quantitative estimate of drug-likeness (QED) is 0.0200. The topological polar surface area (TPSA) is 78.9 Å². The fourth-order valence-electron chi connectivity index (χ4n) is 6.40. The molecule has 0 N–H and O–H groups in total. The summed E-state index contributed by atoms with van der Waals surface area (Å²) in [6.45, 7) is 6.30. The summed E-state index contributed by atoms with van der Waals surface area (Å²) in [5.74, 6) is -0.970. The van der Waals surface area contributed by atoms with Gasteiger partial charge in [0.1, 0.15) is 13.2 Å². The number of rotatable bonds is 43. The summed E-state index contributed by atoms with van der Waals surface area (Å²) >= 11 is 0. The minimum atomic E-state index is -0.802. The number of ether oxygens (including phenoxy) is 3. The molecule has 346 valence electrons. The van der Waals surface area contributed by atoms with Crippen molar-refractivity contribution < 1.29 is 28.6 Å². The molecule has 0 spiro atoms. The van der Waals surface area contributed by atoms with Gasteiger partial charge >= 0.3 is 17.9 Å². The van der Waals surface area contributed by atoms with Crippen LogP contribution in [0.4, 0.5) is 0 Å². The van der Waals surface area contributed by atoms with Crippen molar-refractivity contribution in [2.24, 2.45) is 0 Å². The summed E-state index contributed by atoms with van der Waals surface area (Å²) in [6, 6.07) is 0. The first kappa shape index (κ1) is 57.3. The maximum Gasteiger partial charge on any atom is 0.306 e. The molecule has 0 radical (unpaired) electrons. The van der Waals surface area contributed by atoms with Crippen LogP contribution < -0.4 is 0 Å². The van der Waals surface area contributed by atoms with E-state index in [1.54, 1.807) is 0 Å². The Balaban J connectivity index is 4.40. The monoisotopic (exact) mass is 847 g/mol. The highest BCUT2D eigenvalue weighted by atomic mass is 16.6. The predicted molar refractivity (Wildman–Crippen MR) is 260 cm³/mol. The maximum atomic E-state index is 12.8. The second kappa shape index (κ2) is 49.0. The zero-order chi connectivity index (χ0) is 44.4. The zero-order valence-corrected chi connectivity index (χ0v) is 39.4. The van der Waals surface area contributed by atoms with Gasteiger partial charge in [-0.1, -0.05) is 182 Å². The number of carbonyl (C=O) groups excluding carboxylic acids is 3. The Morgan fingerprint density at radius 2 is 0.689 bits per heavy atom. The Morgan fingerprint density at radius 3 is 1.13 bits per heavy atom. The first-order chi connectivity index (χ1) is 30.0. The van der Waals surface area contributed by atoms with Crippen molar-refractivity contribution in [1.82, 2.24) is 0 Å². The van der Waals surface area contributed by atoms with Crippen LogP contribution in [0.3, 0.4) is 0 Å². The average Bonchev–Trinajstić information content (AvgIpc) is 3.26. The van der Waals surface area contributed by atoms with Gasteiger partial charge in [0.25, 0.3) is 0 Å². The zero-order valence-electron chi connectivity index (χ0n) is 39.4. The standard InChI is InChI=1S/C55H90O6/c1-4-7-10-13-16-19-21-23-25-26-27-28-30-31-33-36-39-42-45-48-54(57)60-51-52(50-59-53(56)47-44-41-38-35-18-15-12-9-6-3)61-55(58)49-46-43-40-37-34-32-29-24-22-20-17-14-11-8-5-2/h7,9-10,12,16-20,22-25,27-28,35,52H,4-6,8,11,13-15,21,26,29-34,36-51H2,1-3H3/b10-7-,12-9-,19-16-,20-17-,24-22-,25-23-,28-27-,35-18-. The minimum Gasteiger partial charge on any atom is -0.462 e. The summed E-state index contributed by atoms with van der Waals surface area (Å²) < 4.78 is 16.7. The van der Waals surface area contributed by atoms with E-state index >= 15 is 0 Å². The molecule has 1 unspecified atom stereocenters. The Hall–Kier alpha value is -3.67.